The third kappa shape index (κ3) is 3.88. The van der Waals surface area contributed by atoms with Gasteiger partial charge < -0.3 is 19.5 Å². The molecule has 3 heterocycles. The molecule has 2 N–H and O–H groups in total. The summed E-state index contributed by atoms with van der Waals surface area (Å²) in [6, 6.07) is 7.88. The molecule has 0 amide bonds. The van der Waals surface area contributed by atoms with Gasteiger partial charge in [0, 0.05) is 31.2 Å². The normalized spacial score (nSPS) is 14.9. The minimum absolute atomic E-state index is 0.102. The minimum atomic E-state index is -0.748. The van der Waals surface area contributed by atoms with Gasteiger partial charge in [0.1, 0.15) is 17.5 Å². The molecule has 5 rings (SSSR count). The van der Waals surface area contributed by atoms with Crippen molar-refractivity contribution in [3.8, 4) is 22.7 Å². The summed E-state index contributed by atoms with van der Waals surface area (Å²) < 4.78 is 53.0. The molecule has 1 saturated heterocycles. The second kappa shape index (κ2) is 8.07. The van der Waals surface area contributed by atoms with Crippen molar-refractivity contribution in [2.75, 3.05) is 25.1 Å². The average molecular weight is 428 g/mol. The van der Waals surface area contributed by atoms with Crippen molar-refractivity contribution in [1.82, 2.24) is 15.2 Å². The highest BCUT2D eigenvalue weighted by molar-refractivity contribution is 6.02. The van der Waals surface area contributed by atoms with Crippen LogP contribution >= 0.6 is 0 Å². The smallest absolute Gasteiger partial charge is 0.315 e. The molecule has 2 aromatic heterocycles. The standard InChI is InChI=1S/C22H19F3N4O2/c23-14-3-1-13(2-4-14)19-18(16-9-15(24)10-17(25)20(16)27-19)21-28-29-22(31-21)26-11-12-5-7-30-8-6-12/h1-4,9-10,12,27H,5-8,11H2,(H,26,29). The SMILES string of the molecule is Fc1ccc(-c2[nH]c3c(F)cc(F)cc3c2-c2nnc(NCC3CCOCC3)o2)cc1. The van der Waals surface area contributed by atoms with Gasteiger partial charge in [-0.1, -0.05) is 5.10 Å². The Morgan fingerprint density at radius 2 is 1.77 bits per heavy atom. The molecule has 0 atom stereocenters. The Morgan fingerprint density at radius 1 is 1.00 bits per heavy atom. The van der Waals surface area contributed by atoms with E-state index in [0.29, 0.717) is 29.3 Å². The van der Waals surface area contributed by atoms with E-state index in [4.69, 9.17) is 9.15 Å². The van der Waals surface area contributed by atoms with Crippen LogP contribution in [0.1, 0.15) is 12.8 Å². The van der Waals surface area contributed by atoms with Gasteiger partial charge in [-0.05, 0) is 54.7 Å². The summed E-state index contributed by atoms with van der Waals surface area (Å²) in [5.41, 5.74) is 1.46. The van der Waals surface area contributed by atoms with Gasteiger partial charge in [0.25, 0.3) is 5.89 Å². The third-order valence-electron chi connectivity index (χ3n) is 5.48. The molecule has 2 aromatic carbocycles. The summed E-state index contributed by atoms with van der Waals surface area (Å²) in [7, 11) is 0. The van der Waals surface area contributed by atoms with Gasteiger partial charge in [0.2, 0.25) is 0 Å². The highest BCUT2D eigenvalue weighted by Gasteiger charge is 2.23. The number of ether oxygens (including phenoxy) is 1. The molecule has 0 spiro atoms. The van der Waals surface area contributed by atoms with E-state index in [2.05, 4.69) is 20.5 Å². The van der Waals surface area contributed by atoms with Crippen molar-refractivity contribution in [2.45, 2.75) is 12.8 Å². The van der Waals surface area contributed by atoms with Crippen molar-refractivity contribution in [1.29, 1.82) is 0 Å². The maximum absolute atomic E-state index is 14.4. The molecule has 4 aromatic rings. The van der Waals surface area contributed by atoms with Crippen LogP contribution in [-0.4, -0.2) is 34.9 Å². The van der Waals surface area contributed by atoms with Crippen LogP contribution in [0.3, 0.4) is 0 Å². The Bertz CT molecular complexity index is 1210. The Morgan fingerprint density at radius 3 is 2.55 bits per heavy atom. The van der Waals surface area contributed by atoms with E-state index in [0.717, 1.165) is 32.1 Å². The summed E-state index contributed by atoms with van der Waals surface area (Å²) in [5, 5.41) is 11.5. The summed E-state index contributed by atoms with van der Waals surface area (Å²) in [4.78, 5) is 2.96. The minimum Gasteiger partial charge on any atom is -0.403 e. The summed E-state index contributed by atoms with van der Waals surface area (Å²) in [6.45, 7) is 2.12. The van der Waals surface area contributed by atoms with Gasteiger partial charge in [-0.2, -0.15) is 0 Å². The van der Waals surface area contributed by atoms with Gasteiger partial charge in [0.05, 0.1) is 16.8 Å². The van der Waals surface area contributed by atoms with Crippen molar-refractivity contribution < 1.29 is 22.3 Å². The summed E-state index contributed by atoms with van der Waals surface area (Å²) in [6.07, 6.45) is 1.90. The molecule has 6 nitrogen and oxygen atoms in total. The first-order chi connectivity index (χ1) is 15.1. The molecule has 0 radical (unpaired) electrons. The molecule has 0 aliphatic carbocycles. The van der Waals surface area contributed by atoms with Crippen molar-refractivity contribution in [3.63, 3.8) is 0 Å². The first kappa shape index (κ1) is 19.6. The van der Waals surface area contributed by atoms with Crippen LogP contribution in [0.25, 0.3) is 33.6 Å². The quantitative estimate of drug-likeness (QED) is 0.460. The summed E-state index contributed by atoms with van der Waals surface area (Å²) >= 11 is 0. The van der Waals surface area contributed by atoms with Crippen molar-refractivity contribution >= 4 is 16.9 Å². The van der Waals surface area contributed by atoms with Crippen molar-refractivity contribution in [3.05, 3.63) is 53.8 Å². The molecule has 0 bridgehead atoms. The van der Waals surface area contributed by atoms with Crippen LogP contribution in [0.2, 0.25) is 0 Å². The fraction of sp³-hybridized carbons (Fsp3) is 0.273. The lowest BCUT2D eigenvalue weighted by molar-refractivity contribution is 0.0698. The molecule has 31 heavy (non-hydrogen) atoms. The van der Waals surface area contributed by atoms with Crippen LogP contribution in [0, 0.1) is 23.4 Å². The van der Waals surface area contributed by atoms with Crippen LogP contribution in [0.5, 0.6) is 0 Å². The van der Waals surface area contributed by atoms with Gasteiger partial charge in [-0.25, -0.2) is 13.2 Å². The largest absolute Gasteiger partial charge is 0.403 e. The van der Waals surface area contributed by atoms with E-state index >= 15 is 0 Å². The number of nitrogens with one attached hydrogen (secondary N) is 2. The molecule has 160 valence electrons. The highest BCUT2D eigenvalue weighted by Crippen LogP contribution is 2.39. The first-order valence-corrected chi connectivity index (χ1v) is 10.0. The molecule has 1 fully saturated rings. The average Bonchev–Trinajstić information content (AvgIpc) is 3.38. The monoisotopic (exact) mass is 428 g/mol. The number of hydrogen-bond acceptors (Lipinski definition) is 5. The maximum atomic E-state index is 14.4. The van der Waals surface area contributed by atoms with Crippen LogP contribution in [0.15, 0.2) is 40.8 Å². The number of aromatic nitrogens is 3. The van der Waals surface area contributed by atoms with Crippen LogP contribution < -0.4 is 5.32 Å². The molecular formula is C22H19F3N4O2. The van der Waals surface area contributed by atoms with Gasteiger partial charge in [-0.3, -0.25) is 0 Å². The molecular weight excluding hydrogens is 409 g/mol. The van der Waals surface area contributed by atoms with Gasteiger partial charge >= 0.3 is 6.01 Å². The van der Waals surface area contributed by atoms with E-state index in [-0.39, 0.29) is 22.8 Å². The second-order valence-corrected chi connectivity index (χ2v) is 7.54. The van der Waals surface area contributed by atoms with Gasteiger partial charge in [0.15, 0.2) is 0 Å². The number of hydrogen-bond donors (Lipinski definition) is 2. The lowest BCUT2D eigenvalue weighted by atomic mass is 10.0. The highest BCUT2D eigenvalue weighted by atomic mass is 19.1. The van der Waals surface area contributed by atoms with Crippen LogP contribution in [0.4, 0.5) is 19.2 Å². The predicted octanol–water partition coefficient (Wildman–Crippen LogP) is 5.14. The Labute approximate surface area is 175 Å². The molecule has 0 unspecified atom stereocenters. The third-order valence-corrected chi connectivity index (χ3v) is 5.48. The zero-order valence-electron chi connectivity index (χ0n) is 16.4. The topological polar surface area (TPSA) is 76.0 Å². The first-order valence-electron chi connectivity index (χ1n) is 10.0. The van der Waals surface area contributed by atoms with Gasteiger partial charge in [-0.15, -0.1) is 5.10 Å². The lowest BCUT2D eigenvalue weighted by Crippen LogP contribution is -2.22. The number of halogens is 3. The number of nitrogens with zero attached hydrogens (tertiary/aromatic N) is 2. The molecule has 1 aliphatic heterocycles. The molecule has 0 saturated carbocycles. The number of H-pyrrole nitrogens is 1. The van der Waals surface area contributed by atoms with Crippen LogP contribution in [-0.2, 0) is 4.74 Å². The maximum Gasteiger partial charge on any atom is 0.315 e. The Kier molecular flexibility index (Phi) is 5.11. The Balaban J connectivity index is 1.54. The number of aromatic amines is 1. The molecule has 9 heteroatoms. The summed E-state index contributed by atoms with van der Waals surface area (Å²) in [5.74, 6) is -1.34. The zero-order chi connectivity index (χ0) is 21.4. The van der Waals surface area contributed by atoms with E-state index in [1.54, 1.807) is 12.1 Å². The van der Waals surface area contributed by atoms with E-state index in [1.807, 2.05) is 0 Å². The lowest BCUT2D eigenvalue weighted by Gasteiger charge is -2.21. The number of benzene rings is 2. The second-order valence-electron chi connectivity index (χ2n) is 7.54. The fourth-order valence-electron chi connectivity index (χ4n) is 3.85. The Hall–Kier alpha value is -3.33. The van der Waals surface area contributed by atoms with E-state index in [9.17, 15) is 13.2 Å². The number of rotatable bonds is 5. The van der Waals surface area contributed by atoms with Crippen molar-refractivity contribution in [2.24, 2.45) is 5.92 Å². The number of fused-ring (bicyclic) bond motifs is 1. The fourth-order valence-corrected chi connectivity index (χ4v) is 3.85. The van der Waals surface area contributed by atoms with E-state index in [1.165, 1.54) is 18.2 Å². The molecule has 1 aliphatic rings. The number of anilines is 1. The predicted molar refractivity (Wildman–Crippen MR) is 109 cm³/mol. The zero-order valence-corrected chi connectivity index (χ0v) is 16.4. The van der Waals surface area contributed by atoms with E-state index < -0.39 is 17.5 Å².